The molecule has 1 rings (SSSR count). The molecule has 12 heavy (non-hydrogen) atoms. The van der Waals surface area contributed by atoms with Gasteiger partial charge in [-0.25, -0.2) is 0 Å². The van der Waals surface area contributed by atoms with Crippen LogP contribution in [0.1, 0.15) is 11.1 Å². The van der Waals surface area contributed by atoms with Gasteiger partial charge in [0.1, 0.15) is 0 Å². The third-order valence-corrected chi connectivity index (χ3v) is 1.79. The molecule has 1 radical (unpaired) electrons. The molecule has 0 fully saturated rings. The van der Waals surface area contributed by atoms with Crippen LogP contribution in [0.25, 0.3) is 0 Å². The van der Waals surface area contributed by atoms with Gasteiger partial charge in [0, 0.05) is 13.1 Å². The molecule has 0 saturated carbocycles. The minimum atomic E-state index is 0.192. The van der Waals surface area contributed by atoms with Crippen molar-refractivity contribution in [2.45, 2.75) is 13.5 Å². The van der Waals surface area contributed by atoms with Gasteiger partial charge in [0.2, 0.25) is 0 Å². The van der Waals surface area contributed by atoms with Crippen molar-refractivity contribution in [3.8, 4) is 0 Å². The van der Waals surface area contributed by atoms with E-state index in [0.29, 0.717) is 6.54 Å². The van der Waals surface area contributed by atoms with Crippen LogP contribution in [0.15, 0.2) is 18.2 Å². The predicted molar refractivity (Wildman–Crippen MR) is 48.8 cm³/mol. The molecular formula is C10H14NO. The monoisotopic (exact) mass is 164 g/mol. The highest BCUT2D eigenvalue weighted by Gasteiger charge is 1.94. The molecule has 0 bridgehead atoms. The molecule has 0 aliphatic carbocycles. The molecule has 2 heteroatoms. The number of hydrogen-bond acceptors (Lipinski definition) is 2. The standard InChI is InChI=1S/C10H14NO/c1-9-4-2-3-5-10(9)8-11-6-7-12/h3-5,11-12H,6-8H2,1H3. The number of rotatable bonds is 4. The summed E-state index contributed by atoms with van der Waals surface area (Å²) in [6, 6.07) is 8.93. The second-order valence-electron chi connectivity index (χ2n) is 2.75. The van der Waals surface area contributed by atoms with Gasteiger partial charge in [-0.2, -0.15) is 0 Å². The fourth-order valence-corrected chi connectivity index (χ4v) is 1.05. The maximum absolute atomic E-state index is 8.54. The first-order valence-electron chi connectivity index (χ1n) is 4.11. The summed E-state index contributed by atoms with van der Waals surface area (Å²) in [5.74, 6) is 0. The van der Waals surface area contributed by atoms with Crippen LogP contribution in [-0.2, 0) is 6.54 Å². The smallest absolute Gasteiger partial charge is 0.0556 e. The van der Waals surface area contributed by atoms with E-state index in [1.165, 1.54) is 11.1 Å². The second kappa shape index (κ2) is 4.91. The van der Waals surface area contributed by atoms with Crippen LogP contribution in [0, 0.1) is 13.0 Å². The minimum Gasteiger partial charge on any atom is -0.395 e. The Hall–Kier alpha value is -0.860. The molecule has 1 aromatic carbocycles. The average molecular weight is 164 g/mol. The van der Waals surface area contributed by atoms with E-state index in [1.54, 1.807) is 0 Å². The topological polar surface area (TPSA) is 32.3 Å². The number of benzene rings is 1. The van der Waals surface area contributed by atoms with Gasteiger partial charge in [-0.15, -0.1) is 0 Å². The molecule has 0 spiro atoms. The van der Waals surface area contributed by atoms with Crippen molar-refractivity contribution in [3.63, 3.8) is 0 Å². The minimum absolute atomic E-state index is 0.192. The molecular weight excluding hydrogens is 150 g/mol. The van der Waals surface area contributed by atoms with Crippen molar-refractivity contribution in [2.24, 2.45) is 0 Å². The molecule has 2 N–H and O–H groups in total. The summed E-state index contributed by atoms with van der Waals surface area (Å²) in [6.07, 6.45) is 0. The molecule has 0 heterocycles. The summed E-state index contributed by atoms with van der Waals surface area (Å²) in [4.78, 5) is 0. The Balaban J connectivity index is 2.46. The lowest BCUT2D eigenvalue weighted by atomic mass is 10.1. The highest BCUT2D eigenvalue weighted by molar-refractivity contribution is 5.24. The normalized spacial score (nSPS) is 10.2. The van der Waals surface area contributed by atoms with Crippen LogP contribution in [-0.4, -0.2) is 18.3 Å². The van der Waals surface area contributed by atoms with E-state index in [-0.39, 0.29) is 6.61 Å². The van der Waals surface area contributed by atoms with Crippen molar-refractivity contribution < 1.29 is 5.11 Å². The first-order chi connectivity index (χ1) is 5.84. The van der Waals surface area contributed by atoms with E-state index in [9.17, 15) is 0 Å². The molecule has 0 aromatic heterocycles. The third-order valence-electron chi connectivity index (χ3n) is 1.79. The second-order valence-corrected chi connectivity index (χ2v) is 2.75. The number of aryl methyl sites for hydroxylation is 1. The predicted octanol–water partition coefficient (Wildman–Crippen LogP) is 0.877. The van der Waals surface area contributed by atoms with Crippen molar-refractivity contribution >= 4 is 0 Å². The fourth-order valence-electron chi connectivity index (χ4n) is 1.05. The van der Waals surface area contributed by atoms with Gasteiger partial charge in [-0.1, -0.05) is 18.2 Å². The van der Waals surface area contributed by atoms with E-state index >= 15 is 0 Å². The van der Waals surface area contributed by atoms with Gasteiger partial charge in [0.15, 0.2) is 0 Å². The van der Waals surface area contributed by atoms with Crippen LogP contribution >= 0.6 is 0 Å². The summed E-state index contributed by atoms with van der Waals surface area (Å²) in [5, 5.41) is 11.7. The van der Waals surface area contributed by atoms with Gasteiger partial charge in [-0.05, 0) is 24.1 Å². The highest BCUT2D eigenvalue weighted by atomic mass is 16.3. The number of aliphatic hydroxyl groups excluding tert-OH is 1. The quantitative estimate of drug-likeness (QED) is 0.647. The summed E-state index contributed by atoms with van der Waals surface area (Å²) in [6.45, 7) is 3.73. The first kappa shape index (κ1) is 9.23. The maximum atomic E-state index is 8.54. The highest BCUT2D eigenvalue weighted by Crippen LogP contribution is 2.04. The zero-order chi connectivity index (χ0) is 8.81. The lowest BCUT2D eigenvalue weighted by molar-refractivity contribution is 0.292. The van der Waals surface area contributed by atoms with E-state index in [1.807, 2.05) is 18.2 Å². The zero-order valence-corrected chi connectivity index (χ0v) is 7.30. The van der Waals surface area contributed by atoms with E-state index in [4.69, 9.17) is 5.11 Å². The van der Waals surface area contributed by atoms with Gasteiger partial charge in [0.05, 0.1) is 6.61 Å². The number of hydrogen-bond donors (Lipinski definition) is 2. The average Bonchev–Trinajstić information content (AvgIpc) is 2.09. The largest absolute Gasteiger partial charge is 0.395 e. The lowest BCUT2D eigenvalue weighted by Crippen LogP contribution is -2.17. The summed E-state index contributed by atoms with van der Waals surface area (Å²) >= 11 is 0. The lowest BCUT2D eigenvalue weighted by Gasteiger charge is -2.05. The van der Waals surface area contributed by atoms with Crippen molar-refractivity contribution in [1.82, 2.24) is 5.32 Å². The Labute approximate surface area is 73.2 Å². The Kier molecular flexibility index (Phi) is 3.77. The molecule has 2 nitrogen and oxygen atoms in total. The van der Waals surface area contributed by atoms with Crippen LogP contribution in [0.3, 0.4) is 0 Å². The number of aliphatic hydroxyl groups is 1. The van der Waals surface area contributed by atoms with Crippen LogP contribution < -0.4 is 5.32 Å². The first-order valence-corrected chi connectivity index (χ1v) is 4.11. The Morgan fingerprint density at radius 2 is 2.42 bits per heavy atom. The molecule has 0 amide bonds. The van der Waals surface area contributed by atoms with Crippen molar-refractivity contribution in [2.75, 3.05) is 13.2 Å². The van der Waals surface area contributed by atoms with Crippen LogP contribution in [0.2, 0.25) is 0 Å². The van der Waals surface area contributed by atoms with Crippen LogP contribution in [0.4, 0.5) is 0 Å². The van der Waals surface area contributed by atoms with Gasteiger partial charge in [-0.3, -0.25) is 0 Å². The Morgan fingerprint density at radius 3 is 3.08 bits per heavy atom. The number of nitrogens with one attached hydrogen (secondary N) is 1. The Morgan fingerprint density at radius 1 is 1.58 bits per heavy atom. The molecule has 0 atom stereocenters. The SMILES string of the molecule is Cc1c[c]ccc1CNCCO. The van der Waals surface area contributed by atoms with Crippen molar-refractivity contribution in [1.29, 1.82) is 0 Å². The molecule has 0 aliphatic rings. The van der Waals surface area contributed by atoms with Gasteiger partial charge < -0.3 is 10.4 Å². The summed E-state index contributed by atoms with van der Waals surface area (Å²) in [5.41, 5.74) is 2.50. The summed E-state index contributed by atoms with van der Waals surface area (Å²) in [7, 11) is 0. The molecule has 0 unspecified atom stereocenters. The zero-order valence-electron chi connectivity index (χ0n) is 7.30. The van der Waals surface area contributed by atoms with Gasteiger partial charge in [0.25, 0.3) is 0 Å². The Bertz CT molecular complexity index is 235. The molecule has 65 valence electrons. The fraction of sp³-hybridized carbons (Fsp3) is 0.400. The van der Waals surface area contributed by atoms with E-state index in [0.717, 1.165) is 6.54 Å². The molecule has 1 aromatic rings. The molecule has 0 saturated heterocycles. The molecule has 0 aliphatic heterocycles. The maximum Gasteiger partial charge on any atom is 0.0556 e. The third kappa shape index (κ3) is 2.64. The van der Waals surface area contributed by atoms with Crippen molar-refractivity contribution in [3.05, 3.63) is 35.4 Å². The van der Waals surface area contributed by atoms with Crippen LogP contribution in [0.5, 0.6) is 0 Å². The summed E-state index contributed by atoms with van der Waals surface area (Å²) < 4.78 is 0. The van der Waals surface area contributed by atoms with E-state index in [2.05, 4.69) is 18.3 Å². The van der Waals surface area contributed by atoms with E-state index < -0.39 is 0 Å². The van der Waals surface area contributed by atoms with Gasteiger partial charge >= 0.3 is 0 Å².